The molecule has 0 spiro atoms. The van der Waals surface area contributed by atoms with Crippen molar-refractivity contribution in [3.05, 3.63) is 135 Å². The highest BCUT2D eigenvalue weighted by Gasteiger charge is 2.31. The fourth-order valence-electron chi connectivity index (χ4n) is 8.94. The van der Waals surface area contributed by atoms with Crippen LogP contribution in [0.1, 0.15) is 44.2 Å². The Labute approximate surface area is 380 Å². The quantitative estimate of drug-likeness (QED) is 0.106. The third-order valence-corrected chi connectivity index (χ3v) is 12.2. The van der Waals surface area contributed by atoms with Crippen LogP contribution in [0.3, 0.4) is 0 Å². The van der Waals surface area contributed by atoms with Gasteiger partial charge in [0.25, 0.3) is 0 Å². The summed E-state index contributed by atoms with van der Waals surface area (Å²) in [6.45, 7) is 6.27. The molecule has 2 atom stereocenters. The fourth-order valence-corrected chi connectivity index (χ4v) is 8.94. The zero-order chi connectivity index (χ0) is 45.0. The first-order valence-corrected chi connectivity index (χ1v) is 22.2. The van der Waals surface area contributed by atoms with Crippen molar-refractivity contribution in [3.63, 3.8) is 0 Å². The molecule has 2 aliphatic rings. The van der Waals surface area contributed by atoms with Crippen LogP contribution in [0.25, 0.3) is 44.6 Å². The Hall–Kier alpha value is -8.14. The van der Waals surface area contributed by atoms with Crippen LogP contribution < -0.4 is 20.5 Å². The van der Waals surface area contributed by atoms with Gasteiger partial charge in [-0.3, -0.25) is 9.59 Å². The number of nitrogen functional groups attached to an aromatic ring is 1. The zero-order valence-electron chi connectivity index (χ0n) is 36.2. The fraction of sp³-hybridized carbons (Fsp3) is 0.240. The number of likely N-dealkylation sites (tertiary alicyclic amines) is 2. The van der Waals surface area contributed by atoms with Crippen molar-refractivity contribution < 1.29 is 19.1 Å². The minimum absolute atomic E-state index is 0.0106. The van der Waals surface area contributed by atoms with E-state index in [0.29, 0.717) is 83.9 Å². The highest BCUT2D eigenvalue weighted by molar-refractivity contribution is 6.00. The van der Waals surface area contributed by atoms with Crippen LogP contribution in [0, 0.1) is 0 Å². The molecular formula is C50H48N12O4. The molecule has 16 nitrogen and oxygen atoms in total. The van der Waals surface area contributed by atoms with Gasteiger partial charge in [0.1, 0.15) is 58.7 Å². The SMILES string of the molecule is C=CC(=O)N1CCC[C@@H](n2nc(-c3ccc(Oc4ccccc4)cc3)c3c(NCCC(=O)N4CCC[C@H](n5nc(-c6ccc(Oc7ccccc7)cc6)c6c(N)ncnc65)C4)ncnc32)C1. The number of nitrogens with two attached hydrogens (primary N) is 1. The van der Waals surface area contributed by atoms with E-state index < -0.39 is 0 Å². The number of anilines is 2. The second-order valence-corrected chi connectivity index (χ2v) is 16.4. The molecule has 8 aromatic rings. The molecule has 2 aliphatic heterocycles. The molecule has 4 aromatic carbocycles. The number of carbonyl (C=O) groups is 2. The number of hydrogen-bond acceptors (Lipinski definition) is 12. The summed E-state index contributed by atoms with van der Waals surface area (Å²) in [7, 11) is 0. The van der Waals surface area contributed by atoms with Crippen LogP contribution in [-0.2, 0) is 9.59 Å². The van der Waals surface area contributed by atoms with E-state index in [2.05, 4.69) is 26.8 Å². The minimum Gasteiger partial charge on any atom is -0.457 e. The van der Waals surface area contributed by atoms with Crippen molar-refractivity contribution in [3.8, 4) is 45.5 Å². The third-order valence-electron chi connectivity index (χ3n) is 12.2. The number of fused-ring (bicyclic) bond motifs is 2. The topological polar surface area (TPSA) is 184 Å². The van der Waals surface area contributed by atoms with Crippen LogP contribution in [0.2, 0.25) is 0 Å². The molecule has 6 heterocycles. The summed E-state index contributed by atoms with van der Waals surface area (Å²) < 4.78 is 15.9. The van der Waals surface area contributed by atoms with Gasteiger partial charge in [-0.05, 0) is 105 Å². The van der Waals surface area contributed by atoms with Crippen LogP contribution >= 0.6 is 0 Å². The smallest absolute Gasteiger partial charge is 0.246 e. The molecule has 2 saturated heterocycles. The predicted molar refractivity (Wildman–Crippen MR) is 252 cm³/mol. The molecule has 10 rings (SSSR count). The maximum Gasteiger partial charge on any atom is 0.246 e. The largest absolute Gasteiger partial charge is 0.457 e. The summed E-state index contributed by atoms with van der Waals surface area (Å²) in [5.74, 6) is 3.68. The molecule has 4 aromatic heterocycles. The van der Waals surface area contributed by atoms with Crippen molar-refractivity contribution in [2.24, 2.45) is 0 Å². The van der Waals surface area contributed by atoms with E-state index in [1.54, 1.807) is 4.90 Å². The van der Waals surface area contributed by atoms with Crippen molar-refractivity contribution in [2.75, 3.05) is 43.8 Å². The van der Waals surface area contributed by atoms with Crippen molar-refractivity contribution in [1.29, 1.82) is 0 Å². The normalized spacial score (nSPS) is 16.3. The lowest BCUT2D eigenvalue weighted by Gasteiger charge is -2.33. The number of para-hydroxylation sites is 2. The summed E-state index contributed by atoms with van der Waals surface area (Å²) in [4.78, 5) is 48.8. The maximum atomic E-state index is 14.0. The van der Waals surface area contributed by atoms with Gasteiger partial charge in [0.05, 0.1) is 22.9 Å². The van der Waals surface area contributed by atoms with Crippen molar-refractivity contribution >= 4 is 45.5 Å². The Balaban J connectivity index is 0.869. The van der Waals surface area contributed by atoms with Gasteiger partial charge in [-0.25, -0.2) is 29.3 Å². The first-order chi connectivity index (χ1) is 32.4. The Bertz CT molecular complexity index is 3010. The number of ether oxygens (including phenoxy) is 2. The lowest BCUT2D eigenvalue weighted by Crippen LogP contribution is -2.41. The number of piperidine rings is 2. The Morgan fingerprint density at radius 2 is 1.15 bits per heavy atom. The molecule has 2 fully saturated rings. The van der Waals surface area contributed by atoms with Crippen molar-refractivity contribution in [1.82, 2.24) is 49.3 Å². The lowest BCUT2D eigenvalue weighted by molar-refractivity contribution is -0.132. The van der Waals surface area contributed by atoms with Crippen LogP contribution in [-0.4, -0.2) is 93.8 Å². The van der Waals surface area contributed by atoms with E-state index >= 15 is 0 Å². The number of hydrogen-bond donors (Lipinski definition) is 2. The lowest BCUT2D eigenvalue weighted by atomic mass is 10.1. The molecule has 2 amide bonds. The summed E-state index contributed by atoms with van der Waals surface area (Å²) in [5, 5.41) is 15.1. The molecule has 16 heteroatoms. The first kappa shape index (κ1) is 41.8. The number of carbonyl (C=O) groups excluding carboxylic acids is 2. The van der Waals surface area contributed by atoms with E-state index in [4.69, 9.17) is 30.4 Å². The molecule has 0 unspecified atom stereocenters. The molecule has 0 aliphatic carbocycles. The Morgan fingerprint density at radius 1 is 0.652 bits per heavy atom. The number of nitrogens with one attached hydrogen (secondary N) is 1. The number of aromatic nitrogens is 8. The number of benzene rings is 4. The predicted octanol–water partition coefficient (Wildman–Crippen LogP) is 8.48. The van der Waals surface area contributed by atoms with E-state index in [9.17, 15) is 9.59 Å². The van der Waals surface area contributed by atoms with Gasteiger partial charge in [0.2, 0.25) is 11.8 Å². The Morgan fingerprint density at radius 3 is 1.73 bits per heavy atom. The van der Waals surface area contributed by atoms with E-state index in [1.807, 2.05) is 123 Å². The first-order valence-electron chi connectivity index (χ1n) is 22.2. The van der Waals surface area contributed by atoms with Gasteiger partial charge < -0.3 is 30.3 Å². The van der Waals surface area contributed by atoms with E-state index in [1.165, 1.54) is 18.7 Å². The molecular weight excluding hydrogens is 833 g/mol. The minimum atomic E-state index is -0.126. The van der Waals surface area contributed by atoms with Crippen LogP contribution in [0.5, 0.6) is 23.0 Å². The molecule has 0 bridgehead atoms. The van der Waals surface area contributed by atoms with Gasteiger partial charge in [0.15, 0.2) is 11.3 Å². The summed E-state index contributed by atoms with van der Waals surface area (Å²) in [6.07, 6.45) is 7.82. The number of rotatable bonds is 13. The standard InChI is InChI=1S/C50H48N12O4/c1-2-41(63)59-27-9-11-35(29-59)62-50-44(46(58-62)34-19-23-40(24-20-34)66-38-15-7-4-8-16-38)48(54-32-56-50)52-26-25-42(64)60-28-10-12-36(30-60)61-49-43(47(51)53-31-55-49)45(57-61)33-17-21-39(22-18-33)65-37-13-5-3-6-14-37/h2-8,13-24,31-32,35-36H,1,9-12,25-30H2,(H2,51,53,55)(H,52,54,56)/t35-,36+/m1/s1. The van der Waals surface area contributed by atoms with Gasteiger partial charge in [-0.15, -0.1) is 0 Å². The third kappa shape index (κ3) is 8.59. The van der Waals surface area contributed by atoms with Crippen molar-refractivity contribution in [2.45, 2.75) is 44.2 Å². The highest BCUT2D eigenvalue weighted by Crippen LogP contribution is 2.38. The average Bonchev–Trinajstić information content (AvgIpc) is 3.96. The monoisotopic (exact) mass is 880 g/mol. The average molecular weight is 881 g/mol. The Kier molecular flexibility index (Phi) is 11.7. The maximum absolute atomic E-state index is 14.0. The molecule has 3 N–H and O–H groups in total. The van der Waals surface area contributed by atoms with Crippen LogP contribution in [0.4, 0.5) is 11.6 Å². The van der Waals surface area contributed by atoms with Gasteiger partial charge in [0, 0.05) is 50.3 Å². The van der Waals surface area contributed by atoms with E-state index in [-0.39, 0.29) is 30.3 Å². The molecule has 332 valence electrons. The number of amides is 2. The summed E-state index contributed by atoms with van der Waals surface area (Å²) in [5.41, 5.74) is 10.8. The molecule has 66 heavy (non-hydrogen) atoms. The second kappa shape index (κ2) is 18.5. The molecule has 0 radical (unpaired) electrons. The number of nitrogens with zero attached hydrogens (tertiary/aromatic N) is 10. The van der Waals surface area contributed by atoms with Crippen LogP contribution in [0.15, 0.2) is 135 Å². The van der Waals surface area contributed by atoms with Gasteiger partial charge >= 0.3 is 0 Å². The highest BCUT2D eigenvalue weighted by atomic mass is 16.5. The van der Waals surface area contributed by atoms with Gasteiger partial charge in [-0.1, -0.05) is 43.0 Å². The molecule has 0 saturated carbocycles. The summed E-state index contributed by atoms with van der Waals surface area (Å²) >= 11 is 0. The summed E-state index contributed by atoms with van der Waals surface area (Å²) in [6, 6.07) is 34.5. The van der Waals surface area contributed by atoms with E-state index in [0.717, 1.165) is 53.7 Å². The second-order valence-electron chi connectivity index (χ2n) is 16.4. The van der Waals surface area contributed by atoms with Gasteiger partial charge in [-0.2, -0.15) is 10.2 Å². The zero-order valence-corrected chi connectivity index (χ0v) is 36.2.